The van der Waals surface area contributed by atoms with E-state index in [0.717, 1.165) is 40.4 Å². The topological polar surface area (TPSA) is 361 Å². The van der Waals surface area contributed by atoms with Gasteiger partial charge >= 0.3 is 12.1 Å². The number of benzene rings is 2. The fourth-order valence-electron chi connectivity index (χ4n) is 8.54. The lowest BCUT2D eigenvalue weighted by Gasteiger charge is -2.28. The molecule has 3 atom stereocenters. The van der Waals surface area contributed by atoms with Crippen LogP contribution in [-0.4, -0.2) is 151 Å². The third kappa shape index (κ3) is 32.9. The van der Waals surface area contributed by atoms with Crippen molar-refractivity contribution in [3.63, 3.8) is 0 Å². The Morgan fingerprint density at radius 2 is 1.09 bits per heavy atom. The summed E-state index contributed by atoms with van der Waals surface area (Å²) in [6.45, 7) is 31.0. The fraction of sp³-hybridized carbons (Fsp3) is 0.493. The summed E-state index contributed by atoms with van der Waals surface area (Å²) in [6.07, 6.45) is 5.52. The summed E-state index contributed by atoms with van der Waals surface area (Å²) in [5.41, 5.74) is 27.1. The van der Waals surface area contributed by atoms with Crippen molar-refractivity contribution < 1.29 is 38.0 Å². The summed E-state index contributed by atoms with van der Waals surface area (Å²) < 4.78 is 31.3. The highest BCUT2D eigenvalue weighted by atomic mass is 35.5. The third-order valence-corrected chi connectivity index (χ3v) is 13.4. The van der Waals surface area contributed by atoms with Crippen LogP contribution in [0.1, 0.15) is 136 Å². The lowest BCUT2D eigenvalue weighted by atomic mass is 10.1. The number of hydrogen-bond acceptors (Lipinski definition) is 25. The number of pyridine rings is 3. The predicted octanol–water partition coefficient (Wildman–Crippen LogP) is 13.1. The second-order valence-electron chi connectivity index (χ2n) is 24.0. The first-order valence-corrected chi connectivity index (χ1v) is 31.9. The monoisotopic (exact) mass is 1420 g/mol. The van der Waals surface area contributed by atoms with Crippen LogP contribution >= 0.6 is 35.6 Å². The molecule has 8 aromatic rings. The van der Waals surface area contributed by atoms with E-state index in [1.807, 2.05) is 123 Å². The smallest absolute Gasteiger partial charge is 0.407 e. The van der Waals surface area contributed by atoms with E-state index in [4.69, 9.17) is 74.6 Å². The molecule has 0 spiro atoms. The summed E-state index contributed by atoms with van der Waals surface area (Å²) in [4.78, 5) is 63.4. The van der Waals surface area contributed by atoms with E-state index in [0.29, 0.717) is 102 Å². The lowest BCUT2D eigenvalue weighted by Crippen LogP contribution is -2.38. The van der Waals surface area contributed by atoms with Gasteiger partial charge in [-0.2, -0.15) is 9.97 Å². The molecule has 0 saturated carbocycles. The van der Waals surface area contributed by atoms with Crippen LogP contribution in [-0.2, 0) is 27.4 Å². The van der Waals surface area contributed by atoms with Crippen LogP contribution in [0.3, 0.4) is 0 Å². The number of amides is 1. The van der Waals surface area contributed by atoms with Crippen molar-refractivity contribution >= 4 is 104 Å². The minimum Gasteiger partial charge on any atom is -0.497 e. The van der Waals surface area contributed by atoms with Crippen molar-refractivity contribution in [2.24, 2.45) is 17.2 Å². The highest BCUT2D eigenvalue weighted by molar-refractivity contribution is 6.35. The molecule has 0 fully saturated rings. The van der Waals surface area contributed by atoms with Crippen molar-refractivity contribution in [2.75, 3.05) is 69.8 Å². The number of nitrogens with one attached hydrogen (secondary N) is 4. The minimum atomic E-state index is -0.492. The predicted molar refractivity (Wildman–Crippen MR) is 402 cm³/mol. The molecule has 0 radical (unpaired) electrons. The third-order valence-electron chi connectivity index (χ3n) is 12.9. The molecule has 544 valence electrons. The average molecular weight is 1430 g/mol. The highest BCUT2D eigenvalue weighted by Gasteiger charge is 2.20. The number of anilines is 4. The SMILES string of the molecule is C.C.CCN(C(C)C)C(C)C.COc1ccc(CN)c(OC)c1.COc1ccc(CNc2nc(N[C@@H](C)CCC(=O)OC(C)(C)C)c3ncccc3n2)c(OC)c1.C[C@@H](CN)Nc1nc(N)nc2cccnc12.C[C@H](N)CNC(=O)OC(C)(C)C.Cl.Clc1nc(Cl)c2ncccc2n1. The Balaban J connectivity index is 0.00000124. The molecule has 2 aromatic carbocycles. The molecule has 0 aliphatic carbocycles. The molecule has 26 nitrogen and oxygen atoms in total. The number of ether oxygens (including phenoxy) is 6. The molecular weight excluding hydrogens is 1320 g/mol. The number of nitrogens with two attached hydrogens (primary N) is 4. The molecular formula is C69H109Cl3N18O8. The Morgan fingerprint density at radius 1 is 0.612 bits per heavy atom. The van der Waals surface area contributed by atoms with Crippen LogP contribution < -0.4 is 63.1 Å². The maximum atomic E-state index is 12.1. The van der Waals surface area contributed by atoms with Gasteiger partial charge in [0.05, 0.1) is 45.0 Å². The average Bonchev–Trinajstić information content (AvgIpc) is 0.822. The number of carbonyl (C=O) groups is 2. The lowest BCUT2D eigenvalue weighted by molar-refractivity contribution is -0.155. The second-order valence-corrected chi connectivity index (χ2v) is 24.7. The van der Waals surface area contributed by atoms with Crippen molar-refractivity contribution in [3.8, 4) is 23.0 Å². The first-order chi connectivity index (χ1) is 44.9. The molecule has 12 N–H and O–H groups in total. The van der Waals surface area contributed by atoms with Gasteiger partial charge in [0.2, 0.25) is 17.2 Å². The molecule has 8 rings (SSSR count). The Morgan fingerprint density at radius 3 is 1.55 bits per heavy atom. The summed E-state index contributed by atoms with van der Waals surface area (Å²) in [7, 11) is 6.48. The van der Waals surface area contributed by atoms with Gasteiger partial charge in [-0.25, -0.2) is 24.7 Å². The Bertz CT molecular complexity index is 3610. The van der Waals surface area contributed by atoms with Crippen molar-refractivity contribution in [3.05, 3.63) is 113 Å². The maximum Gasteiger partial charge on any atom is 0.407 e. The number of methoxy groups -OCH3 is 4. The fourth-order valence-corrected chi connectivity index (χ4v) is 8.98. The molecule has 1 amide bonds. The van der Waals surface area contributed by atoms with E-state index in [9.17, 15) is 9.59 Å². The van der Waals surface area contributed by atoms with Gasteiger partial charge in [0.25, 0.3) is 0 Å². The first-order valence-electron chi connectivity index (χ1n) is 31.1. The standard InChI is InChI=1S/C25H33N5O4.C10H14N6.C9H13NO2.C8H18N2O2.C8H19N.C7H3Cl2N3.2CH4.ClH/c1-16(9-12-21(31)34-25(2,3)4)28-23-22-19(8-7-13-26-22)29-24(30-23)27-15-17-10-11-18(32-5)14-20(17)33-6;1-6(5-11)14-9-8-7(3-2-4-13-8)15-10(12)16-9;1-11-8-4-3-7(6-10)9(5-8)12-2;1-6(9)5-10-7(11)12-8(2,3)4;1-6-9(7(2)3)8(4)5;8-6-5-4(2-1-3-10-5)11-7(9)12-6;;;/h7-8,10-11,13-14,16H,9,12,15H2,1-6H3,(H2,27,28,29,30);2-4,6H,5,11H2,1H3,(H3,12,14,15,16);3-5H,6,10H2,1-2H3;6H,5,9H2,1-4H3,(H,10,11);7-8H,6H2,1-5H3;1-3H;2*1H4;1H/t16-;6-;;6-;;;;;/m00.0...../s1. The Labute approximate surface area is 596 Å². The molecule has 29 heteroatoms. The van der Waals surface area contributed by atoms with Gasteiger partial charge < -0.3 is 72.6 Å². The van der Waals surface area contributed by atoms with Gasteiger partial charge in [0, 0.05) is 105 Å². The van der Waals surface area contributed by atoms with Crippen molar-refractivity contribution in [2.45, 2.75) is 179 Å². The van der Waals surface area contributed by atoms with Crippen LogP contribution in [0.5, 0.6) is 23.0 Å². The number of esters is 1. The first kappa shape index (κ1) is 89.8. The molecule has 6 heterocycles. The number of rotatable bonds is 21. The zero-order valence-electron chi connectivity index (χ0n) is 58.7. The van der Waals surface area contributed by atoms with E-state index in [1.54, 1.807) is 59.2 Å². The number of nitrogens with zero attached hydrogens (tertiary/aromatic N) is 10. The number of aromatic nitrogens is 9. The van der Waals surface area contributed by atoms with Gasteiger partial charge in [-0.15, -0.1) is 12.4 Å². The highest BCUT2D eigenvalue weighted by Crippen LogP contribution is 2.28. The molecule has 6 aromatic heterocycles. The summed E-state index contributed by atoms with van der Waals surface area (Å²) in [6, 6.07) is 23.6. The van der Waals surface area contributed by atoms with Gasteiger partial charge in [-0.1, -0.05) is 39.4 Å². The van der Waals surface area contributed by atoms with Crippen molar-refractivity contribution in [1.82, 2.24) is 55.1 Å². The quantitative estimate of drug-likeness (QED) is 0.0188. The zero-order chi connectivity index (χ0) is 71.0. The van der Waals surface area contributed by atoms with Crippen LogP contribution in [0.25, 0.3) is 33.1 Å². The van der Waals surface area contributed by atoms with Gasteiger partial charge in [0.1, 0.15) is 50.8 Å². The normalized spacial score (nSPS) is 11.5. The van der Waals surface area contributed by atoms with E-state index in [-0.39, 0.29) is 67.7 Å². The summed E-state index contributed by atoms with van der Waals surface area (Å²) in [5, 5.41) is 12.8. The maximum absolute atomic E-state index is 12.1. The number of carbonyl (C=O) groups excluding carboxylic acids is 2. The second kappa shape index (κ2) is 45.4. The molecule has 0 unspecified atom stereocenters. The number of alkyl carbamates (subject to hydrolysis) is 1. The molecule has 0 saturated heterocycles. The Hall–Kier alpha value is -8.24. The zero-order valence-corrected chi connectivity index (χ0v) is 61.0. The Kier molecular flexibility index (Phi) is 41.5. The minimum absolute atomic E-state index is 0. The van der Waals surface area contributed by atoms with Crippen LogP contribution in [0.15, 0.2) is 91.4 Å². The molecule has 98 heavy (non-hydrogen) atoms. The number of fused-ring (bicyclic) bond motifs is 3. The van der Waals surface area contributed by atoms with Crippen molar-refractivity contribution in [1.29, 1.82) is 0 Å². The number of nitrogen functional groups attached to an aromatic ring is 1. The number of halogens is 3. The summed E-state index contributed by atoms with van der Waals surface area (Å²) in [5.74, 6) is 4.69. The van der Waals surface area contributed by atoms with Gasteiger partial charge in [-0.3, -0.25) is 24.6 Å². The van der Waals surface area contributed by atoms with Crippen LogP contribution in [0.2, 0.25) is 10.4 Å². The largest absolute Gasteiger partial charge is 0.497 e. The van der Waals surface area contributed by atoms with Crippen LogP contribution in [0, 0.1) is 0 Å². The molecule has 0 aliphatic heterocycles. The van der Waals surface area contributed by atoms with E-state index in [1.165, 1.54) is 0 Å². The number of hydrogen-bond donors (Lipinski definition) is 8. The molecule has 0 bridgehead atoms. The van der Waals surface area contributed by atoms with E-state index < -0.39 is 17.3 Å². The van der Waals surface area contributed by atoms with Gasteiger partial charge in [0.15, 0.2) is 16.8 Å². The van der Waals surface area contributed by atoms with Crippen LogP contribution in [0.4, 0.5) is 28.3 Å². The summed E-state index contributed by atoms with van der Waals surface area (Å²) >= 11 is 11.4. The van der Waals surface area contributed by atoms with E-state index >= 15 is 0 Å². The molecule has 0 aliphatic rings. The van der Waals surface area contributed by atoms with E-state index in [2.05, 4.69) is 106 Å². The van der Waals surface area contributed by atoms with Gasteiger partial charge in [-0.05, 0) is 169 Å².